The van der Waals surface area contributed by atoms with Crippen LogP contribution < -0.4 is 9.80 Å². The largest absolute Gasteiger partial charge is 0.383 e. The minimum absolute atomic E-state index is 0.158. The van der Waals surface area contributed by atoms with E-state index in [4.69, 9.17) is 21.6 Å². The number of benzene rings is 1. The fraction of sp³-hybridized carbons (Fsp3) is 0.500. The Bertz CT molecular complexity index is 1130. The molecule has 0 N–H and O–H groups in total. The van der Waals surface area contributed by atoms with Gasteiger partial charge in [-0.2, -0.15) is 5.26 Å². The van der Waals surface area contributed by atoms with Crippen molar-refractivity contribution in [3.05, 3.63) is 41.2 Å². The first-order chi connectivity index (χ1) is 15.9. The molecular formula is C22H27ClN6O3S. The van der Waals surface area contributed by atoms with Crippen molar-refractivity contribution in [1.29, 1.82) is 5.26 Å². The number of hydrogen-bond acceptors (Lipinski definition) is 9. The maximum atomic E-state index is 13.3. The van der Waals surface area contributed by atoms with Gasteiger partial charge >= 0.3 is 0 Å². The Hall–Kier alpha value is -2.45. The molecule has 2 aliphatic heterocycles. The number of halogens is 1. The zero-order valence-electron chi connectivity index (χ0n) is 18.5. The molecule has 2 aliphatic rings. The summed E-state index contributed by atoms with van der Waals surface area (Å²) < 4.78 is 31.8. The van der Waals surface area contributed by atoms with Crippen LogP contribution in [0.2, 0.25) is 5.02 Å². The molecule has 0 spiro atoms. The predicted molar refractivity (Wildman–Crippen MR) is 127 cm³/mol. The lowest BCUT2D eigenvalue weighted by molar-refractivity contribution is 0.144. The van der Waals surface area contributed by atoms with Gasteiger partial charge in [-0.3, -0.25) is 4.90 Å². The summed E-state index contributed by atoms with van der Waals surface area (Å²) in [6, 6.07) is 8.73. The summed E-state index contributed by atoms with van der Waals surface area (Å²) in [5, 5.41) is 8.68. The zero-order chi connectivity index (χ0) is 23.4. The number of nitriles is 1. The van der Waals surface area contributed by atoms with Gasteiger partial charge in [0.2, 0.25) is 5.95 Å². The monoisotopic (exact) mass is 490 g/mol. The van der Waals surface area contributed by atoms with Crippen molar-refractivity contribution in [2.75, 3.05) is 69.3 Å². The highest BCUT2D eigenvalue weighted by Gasteiger charge is 2.36. The van der Waals surface area contributed by atoms with E-state index in [-0.39, 0.29) is 22.2 Å². The van der Waals surface area contributed by atoms with E-state index in [1.165, 1.54) is 12.3 Å². The third kappa shape index (κ3) is 5.22. The summed E-state index contributed by atoms with van der Waals surface area (Å²) in [7, 11) is -1.92. The summed E-state index contributed by atoms with van der Waals surface area (Å²) in [6.07, 6.45) is 1.96. The Morgan fingerprint density at radius 3 is 2.67 bits per heavy atom. The first-order valence-electron chi connectivity index (χ1n) is 10.9. The van der Waals surface area contributed by atoms with Crippen LogP contribution in [-0.4, -0.2) is 88.1 Å². The van der Waals surface area contributed by atoms with E-state index in [2.05, 4.69) is 19.8 Å². The van der Waals surface area contributed by atoms with Gasteiger partial charge < -0.3 is 14.5 Å². The predicted octanol–water partition coefficient (Wildman–Crippen LogP) is 1.82. The van der Waals surface area contributed by atoms with Gasteiger partial charge in [-0.05, 0) is 30.7 Å². The van der Waals surface area contributed by atoms with Gasteiger partial charge in [0.05, 0.1) is 21.8 Å². The van der Waals surface area contributed by atoms with Crippen LogP contribution in [0.1, 0.15) is 12.1 Å². The van der Waals surface area contributed by atoms with E-state index in [1.54, 1.807) is 24.1 Å². The minimum Gasteiger partial charge on any atom is -0.383 e. The molecule has 4 rings (SSSR count). The van der Waals surface area contributed by atoms with E-state index < -0.39 is 15.1 Å². The van der Waals surface area contributed by atoms with E-state index in [1.807, 2.05) is 12.1 Å². The van der Waals surface area contributed by atoms with Crippen LogP contribution in [0.5, 0.6) is 0 Å². The summed E-state index contributed by atoms with van der Waals surface area (Å²) in [5.41, 5.74) is 1.18. The number of methoxy groups -OCH3 is 1. The molecule has 2 saturated heterocycles. The molecule has 0 saturated carbocycles. The highest BCUT2D eigenvalue weighted by Crippen LogP contribution is 2.33. The molecule has 1 unspecified atom stereocenters. The van der Waals surface area contributed by atoms with Gasteiger partial charge in [-0.15, -0.1) is 0 Å². The molecule has 1 aromatic heterocycles. The van der Waals surface area contributed by atoms with Crippen molar-refractivity contribution >= 4 is 33.1 Å². The van der Waals surface area contributed by atoms with Gasteiger partial charge in [0.1, 0.15) is 11.8 Å². The summed E-state index contributed by atoms with van der Waals surface area (Å²) >= 11 is 6.49. The van der Waals surface area contributed by atoms with Crippen molar-refractivity contribution in [2.24, 2.45) is 0 Å². The molecule has 2 fully saturated rings. The molecule has 3 heterocycles. The molecule has 0 aliphatic carbocycles. The van der Waals surface area contributed by atoms with E-state index in [9.17, 15) is 8.42 Å². The molecule has 11 heteroatoms. The Morgan fingerprint density at radius 2 is 1.97 bits per heavy atom. The number of nitrogens with zero attached hydrogens (tertiary/aromatic N) is 6. The zero-order valence-corrected chi connectivity index (χ0v) is 20.1. The number of piperazine rings is 1. The number of hydrogen-bond donors (Lipinski definition) is 0. The lowest BCUT2D eigenvalue weighted by atomic mass is 10.2. The van der Waals surface area contributed by atoms with Gasteiger partial charge in [-0.1, -0.05) is 11.6 Å². The second kappa shape index (κ2) is 10.2. The van der Waals surface area contributed by atoms with E-state index >= 15 is 0 Å². The number of sulfone groups is 1. The number of aromatic nitrogens is 2. The van der Waals surface area contributed by atoms with E-state index in [0.717, 1.165) is 38.4 Å². The Morgan fingerprint density at radius 1 is 1.18 bits per heavy atom. The number of ether oxygens (including phenoxy) is 1. The van der Waals surface area contributed by atoms with Crippen LogP contribution in [0.25, 0.3) is 0 Å². The highest BCUT2D eigenvalue weighted by atomic mass is 35.5. The summed E-state index contributed by atoms with van der Waals surface area (Å²) in [6.45, 7) is 5.94. The van der Waals surface area contributed by atoms with Crippen LogP contribution in [0.3, 0.4) is 0 Å². The van der Waals surface area contributed by atoms with E-state index in [0.29, 0.717) is 25.5 Å². The number of anilines is 2. The standard InChI is InChI=1S/C22H27ClN6O3S/c1-32-13-12-27-8-10-28(11-9-27)18-2-3-21(20(23)14-18)33(30,31)19-5-7-29(16-19)22-25-6-4-17(15-24)26-22/h2-4,6,14,19H,5,7-13,16H2,1H3. The van der Waals surface area contributed by atoms with Crippen molar-refractivity contribution in [1.82, 2.24) is 14.9 Å². The fourth-order valence-electron chi connectivity index (χ4n) is 4.27. The van der Waals surface area contributed by atoms with Crippen LogP contribution in [-0.2, 0) is 14.6 Å². The lowest BCUT2D eigenvalue weighted by Crippen LogP contribution is -2.47. The van der Waals surface area contributed by atoms with Crippen molar-refractivity contribution < 1.29 is 13.2 Å². The van der Waals surface area contributed by atoms with Gasteiger partial charge in [0, 0.05) is 64.8 Å². The molecule has 9 nitrogen and oxygen atoms in total. The van der Waals surface area contributed by atoms with Crippen molar-refractivity contribution in [3.8, 4) is 6.07 Å². The Balaban J connectivity index is 1.44. The summed E-state index contributed by atoms with van der Waals surface area (Å²) in [5.74, 6) is 0.373. The van der Waals surface area contributed by atoms with Gasteiger partial charge in [0.15, 0.2) is 9.84 Å². The Kier molecular flexibility index (Phi) is 7.34. The fourth-order valence-corrected chi connectivity index (χ4v) is 6.51. The maximum Gasteiger partial charge on any atom is 0.226 e. The van der Waals surface area contributed by atoms with Crippen LogP contribution in [0, 0.1) is 11.3 Å². The van der Waals surface area contributed by atoms with Crippen LogP contribution in [0.4, 0.5) is 11.6 Å². The third-order valence-corrected chi connectivity index (χ3v) is 8.85. The minimum atomic E-state index is -3.63. The molecule has 2 aromatic rings. The van der Waals surface area contributed by atoms with Crippen molar-refractivity contribution in [2.45, 2.75) is 16.6 Å². The van der Waals surface area contributed by atoms with Crippen LogP contribution >= 0.6 is 11.6 Å². The molecule has 0 amide bonds. The van der Waals surface area contributed by atoms with Gasteiger partial charge in [-0.25, -0.2) is 18.4 Å². The SMILES string of the molecule is COCCN1CCN(c2ccc(S(=O)(=O)C3CCN(c4nccc(C#N)n4)C3)c(Cl)c2)CC1. The average molecular weight is 491 g/mol. The molecule has 33 heavy (non-hydrogen) atoms. The summed E-state index contributed by atoms with van der Waals surface area (Å²) in [4.78, 5) is 14.9. The second-order valence-corrected chi connectivity index (χ2v) is 10.8. The first-order valence-corrected chi connectivity index (χ1v) is 12.8. The van der Waals surface area contributed by atoms with Crippen LogP contribution in [0.15, 0.2) is 35.4 Å². The smallest absolute Gasteiger partial charge is 0.226 e. The topological polar surface area (TPSA) is 103 Å². The first kappa shape index (κ1) is 23.7. The molecule has 1 atom stereocenters. The average Bonchev–Trinajstić information content (AvgIpc) is 3.34. The quantitative estimate of drug-likeness (QED) is 0.574. The molecule has 1 aromatic carbocycles. The maximum absolute atomic E-state index is 13.3. The molecular weight excluding hydrogens is 464 g/mol. The lowest BCUT2D eigenvalue weighted by Gasteiger charge is -2.36. The Labute approximate surface area is 199 Å². The third-order valence-electron chi connectivity index (χ3n) is 6.20. The highest BCUT2D eigenvalue weighted by molar-refractivity contribution is 7.92. The van der Waals surface area contributed by atoms with Crippen molar-refractivity contribution in [3.63, 3.8) is 0 Å². The molecule has 0 bridgehead atoms. The number of rotatable bonds is 7. The normalized spacial score (nSPS) is 19.6. The second-order valence-electron chi connectivity index (χ2n) is 8.19. The van der Waals surface area contributed by atoms with Gasteiger partial charge in [0.25, 0.3) is 0 Å². The molecule has 0 radical (unpaired) electrons. The molecule has 176 valence electrons.